The number of Topliss-reactive ketones (excluding diaryl/α,β-unsaturated/α-hetero) is 9. The highest BCUT2D eigenvalue weighted by Gasteiger charge is 2.41. The molecule has 39 heteroatoms. The minimum atomic E-state index is -1.65. The Bertz CT molecular complexity index is 4500. The Morgan fingerprint density at radius 2 is 0.868 bits per heavy atom. The molecule has 754 valence electrons. The summed E-state index contributed by atoms with van der Waals surface area (Å²) in [7, 11) is 2.61. The van der Waals surface area contributed by atoms with Gasteiger partial charge in [0, 0.05) is 132 Å². The van der Waals surface area contributed by atoms with Crippen molar-refractivity contribution in [1.29, 1.82) is 0 Å². The maximum absolute atomic E-state index is 14.2. The van der Waals surface area contributed by atoms with Crippen LogP contribution >= 0.6 is 0 Å². The minimum absolute atomic E-state index is 0.00573. The number of phenolic OH excluding ortho intramolecular Hbond substituents is 2. The van der Waals surface area contributed by atoms with Crippen LogP contribution < -0.4 is 65.5 Å². The predicted molar refractivity (Wildman–Crippen MR) is 499 cm³/mol. The van der Waals surface area contributed by atoms with Gasteiger partial charge in [0.25, 0.3) is 0 Å². The second-order valence-electron chi connectivity index (χ2n) is 37.1. The quantitative estimate of drug-likeness (QED) is 0.0425. The smallest absolute Gasteiger partial charge is 0.236 e. The summed E-state index contributed by atoms with van der Waals surface area (Å²) in [5.41, 5.74) is 22.9. The second kappa shape index (κ2) is 60.9. The number of hydrogen-bond donors (Lipinski definition) is 14. The zero-order valence-electron chi connectivity index (χ0n) is 80.9. The number of nitrogens with zero attached hydrogens (tertiary/aromatic N) is 2. The molecule has 14 amide bonds. The lowest BCUT2D eigenvalue weighted by molar-refractivity contribution is -0.141. The van der Waals surface area contributed by atoms with Gasteiger partial charge < -0.3 is 85.5 Å². The first-order valence-electron chi connectivity index (χ1n) is 47.1. The van der Waals surface area contributed by atoms with E-state index in [2.05, 4.69) is 49.5 Å². The number of amides is 14. The molecule has 18 N–H and O–H groups in total. The number of benzene rings is 2. The van der Waals surface area contributed by atoms with E-state index in [0.29, 0.717) is 43.2 Å². The topological polar surface area (TPSA) is 640 Å². The van der Waals surface area contributed by atoms with Crippen LogP contribution in [-0.4, -0.2) is 232 Å². The molecule has 0 unspecified atom stereocenters. The Balaban J connectivity index is 0.000000703. The van der Waals surface area contributed by atoms with Crippen molar-refractivity contribution in [3.63, 3.8) is 0 Å². The van der Waals surface area contributed by atoms with Gasteiger partial charge in [-0.05, 0) is 111 Å². The van der Waals surface area contributed by atoms with E-state index >= 15 is 0 Å². The lowest BCUT2D eigenvalue weighted by Crippen LogP contribution is -2.51. The van der Waals surface area contributed by atoms with Gasteiger partial charge in [-0.25, -0.2) is 0 Å². The molecule has 0 bridgehead atoms. The molecule has 2 aromatic carbocycles. The first kappa shape index (κ1) is 118. The molecule has 0 aromatic heterocycles. The SMILES string of the molecule is CCCCCCCC[C@H](CC(=O)CN(C)C(=O)[C@@H]1CCC(=O)NCC(=O)C[C@@H](Cc2ccc(O)cc2)C(=O)N[C@@H]([C@@H](C)CC)C(=O)C[C@@H](CCC(N)=O)C(=O)N[C@@H](CC(N)=O)C(=O)C1)C(=O)NCC(N)=O.CC[C@H](C)[C@@H]1NC(=O)[C@H](Cc2ccc(O)cc2)CC(=O)CNC(=O)CC[C@@H](C(=O)N(C)CC(=O)C[C@@H](CC(C)C)C(=O)NCC(C)=O)CC(=O)[C@H](CC(N)=O)NC(=O)[C@H](C(C)C)CC1=O. The average molecular weight is 1910 g/mol. The second-order valence-corrected chi connectivity index (χ2v) is 37.1. The van der Waals surface area contributed by atoms with Crippen LogP contribution in [0.15, 0.2) is 48.5 Å². The Kier molecular flexibility index (Phi) is 52.8. The molecule has 0 spiro atoms. The lowest BCUT2D eigenvalue weighted by atomic mass is 9.84. The van der Waals surface area contributed by atoms with Crippen LogP contribution in [-0.2, 0) is 123 Å². The van der Waals surface area contributed by atoms with Crippen molar-refractivity contribution in [2.45, 2.75) is 273 Å². The van der Waals surface area contributed by atoms with E-state index in [9.17, 15) is 120 Å². The van der Waals surface area contributed by atoms with Crippen LogP contribution in [0.2, 0.25) is 0 Å². The number of rotatable bonds is 41. The molecule has 2 aromatic rings. The summed E-state index contributed by atoms with van der Waals surface area (Å²) in [5, 5.41) is 40.3. The minimum Gasteiger partial charge on any atom is -0.508 e. The van der Waals surface area contributed by atoms with Crippen molar-refractivity contribution in [3.05, 3.63) is 59.7 Å². The standard InChI is InChI=1S/C50H76N8O13.C47H70N6O12/c1-5-7-8-9-10-11-12-32(47(68)55-28-44(53)66)22-38(61)29-58(4)50(71)34-16-20-45(67)54-27-37(60)23-35(21-31-13-17-36(59)18-14-31)49(70)57-46(30(3)6-2)41(63)24-33(15-19-42(51)64)48(69)56-39(26-43(52)65)40(62)25-34;1-9-28(6)43-40(59)21-37(27(4)5)46(64)51-38(22-41(48)60)39(58)20-31(47(65)53(8)25-36(57)19-32(16-26(2)3)44(62)50-23-29(7)54)12-15-42(61)49-24-35(56)18-33(45(63)52-43)17-30-10-13-34(55)14-11-30/h13-14,17-18,30,32-35,39,46,59H,5-12,15-16,19-29H2,1-4H3,(H2,51,64)(H2,52,65)(H2,53,66)(H,54,67)(H,55,68)(H,56,69)(H,57,70);10-11,13-14,26-28,31-33,37-38,43,55H,9,12,15-25H2,1-8H3,(H2,48,60)(H,49,61)(H,50,62)(H,51,64)(H,52,63)/t30-,32+,33+,34+,35+,39-,46-;28-,31+,32+,33+,37-,38-,43-/m00/s1. The third-order valence-corrected chi connectivity index (χ3v) is 24.5. The summed E-state index contributed by atoms with van der Waals surface area (Å²) in [5.74, 6) is -25.7. The highest BCUT2D eigenvalue weighted by atomic mass is 16.3. The van der Waals surface area contributed by atoms with Gasteiger partial charge in [0.05, 0.1) is 76.3 Å². The number of nitrogens with two attached hydrogens (primary N) is 4. The Morgan fingerprint density at radius 1 is 0.463 bits per heavy atom. The predicted octanol–water partition coefficient (Wildman–Crippen LogP) is 3.02. The first-order chi connectivity index (χ1) is 63.9. The average Bonchev–Trinajstić information content (AvgIpc) is 0.829. The maximum atomic E-state index is 14.2. The fourth-order valence-corrected chi connectivity index (χ4v) is 16.2. The van der Waals surface area contributed by atoms with Crippen molar-refractivity contribution in [2.24, 2.45) is 93.9 Å². The number of aromatic hydroxyl groups is 2. The largest absolute Gasteiger partial charge is 0.508 e. The summed E-state index contributed by atoms with van der Waals surface area (Å²) in [6, 6.07) is 6.54. The van der Waals surface area contributed by atoms with Gasteiger partial charge in [0.15, 0.2) is 46.3 Å². The number of phenols is 2. The number of nitrogens with one attached hydrogen (secondary N) is 8. The zero-order chi connectivity index (χ0) is 102. The van der Waals surface area contributed by atoms with E-state index in [0.717, 1.165) is 41.9 Å². The number of primary amides is 4. The van der Waals surface area contributed by atoms with Gasteiger partial charge in [0.1, 0.15) is 17.3 Å². The molecule has 39 nitrogen and oxygen atoms in total. The molecule has 136 heavy (non-hydrogen) atoms. The Morgan fingerprint density at radius 3 is 1.27 bits per heavy atom. The van der Waals surface area contributed by atoms with Crippen molar-refractivity contribution in [3.8, 4) is 11.5 Å². The van der Waals surface area contributed by atoms with Crippen LogP contribution in [0.5, 0.6) is 11.5 Å². The molecule has 0 aliphatic carbocycles. The van der Waals surface area contributed by atoms with Crippen LogP contribution in [0.3, 0.4) is 0 Å². The normalized spacial score (nSPS) is 21.4. The van der Waals surface area contributed by atoms with Crippen LogP contribution in [0.4, 0.5) is 0 Å². The van der Waals surface area contributed by atoms with E-state index in [4.69, 9.17) is 22.9 Å². The third-order valence-electron chi connectivity index (χ3n) is 24.5. The van der Waals surface area contributed by atoms with Crippen molar-refractivity contribution in [2.75, 3.05) is 53.4 Å². The van der Waals surface area contributed by atoms with E-state index in [1.807, 2.05) is 20.8 Å². The zero-order valence-corrected chi connectivity index (χ0v) is 80.9. The molecule has 0 saturated carbocycles. The van der Waals surface area contributed by atoms with Crippen LogP contribution in [0.1, 0.15) is 247 Å². The van der Waals surface area contributed by atoms with Crippen molar-refractivity contribution in [1.82, 2.24) is 52.3 Å². The molecule has 2 saturated heterocycles. The number of hydrogen-bond acceptors (Lipinski definition) is 25. The van der Waals surface area contributed by atoms with Gasteiger partial charge in [-0.2, -0.15) is 0 Å². The molecule has 14 atom stereocenters. The van der Waals surface area contributed by atoms with Gasteiger partial charge in [0.2, 0.25) is 82.7 Å². The van der Waals surface area contributed by atoms with Crippen LogP contribution in [0.25, 0.3) is 0 Å². The van der Waals surface area contributed by atoms with E-state index in [1.165, 1.54) is 45.3 Å². The third kappa shape index (κ3) is 44.9. The maximum Gasteiger partial charge on any atom is 0.236 e. The number of likely N-dealkylation sites (N-methyl/N-ethyl adjacent to an activating group) is 2. The van der Waals surface area contributed by atoms with Gasteiger partial charge >= 0.3 is 0 Å². The fourth-order valence-electron chi connectivity index (χ4n) is 16.2. The molecule has 4 rings (SSSR count). The monoisotopic (exact) mass is 1910 g/mol. The summed E-state index contributed by atoms with van der Waals surface area (Å²) in [6.45, 7) is 14.9. The van der Waals surface area contributed by atoms with E-state index < -0.39 is 289 Å². The highest BCUT2D eigenvalue weighted by molar-refractivity contribution is 6.02. The molecule has 0 radical (unpaired) electrons. The summed E-state index contributed by atoms with van der Waals surface area (Å²) < 4.78 is 0. The van der Waals surface area contributed by atoms with Crippen molar-refractivity contribution >= 4 is 135 Å². The van der Waals surface area contributed by atoms with Crippen molar-refractivity contribution < 1.29 is 120 Å². The Labute approximate surface area is 795 Å². The molecular weight excluding hydrogens is 1760 g/mol. The van der Waals surface area contributed by atoms with E-state index in [1.54, 1.807) is 58.9 Å². The molecule has 2 aliphatic rings. The number of carbonyl (C=O) groups is 23. The Hall–Kier alpha value is -12.3. The highest BCUT2D eigenvalue weighted by Crippen LogP contribution is 2.29. The lowest BCUT2D eigenvalue weighted by Gasteiger charge is -2.29. The molecule has 2 aliphatic heterocycles. The summed E-state index contributed by atoms with van der Waals surface area (Å²) in [4.78, 5) is 309. The summed E-state index contributed by atoms with van der Waals surface area (Å²) >= 11 is 0. The fraction of sp³-hybridized carbons (Fsp3) is 0.639. The number of unbranched alkanes of at least 4 members (excludes halogenated alkanes) is 5. The summed E-state index contributed by atoms with van der Waals surface area (Å²) in [6.07, 6.45) is 0.145. The van der Waals surface area contributed by atoms with E-state index in [-0.39, 0.29) is 107 Å². The van der Waals surface area contributed by atoms with Gasteiger partial charge in [-0.15, -0.1) is 0 Å². The van der Waals surface area contributed by atoms with Gasteiger partial charge in [-0.3, -0.25) is 110 Å². The molecule has 2 heterocycles. The number of carbonyl (C=O) groups excluding carboxylic acids is 23. The van der Waals surface area contributed by atoms with Gasteiger partial charge in [-0.1, -0.05) is 138 Å². The molecular formula is C97H146N14O25. The first-order valence-corrected chi connectivity index (χ1v) is 47.1. The molecule has 2 fully saturated rings. The number of ketones is 9. The van der Waals surface area contributed by atoms with Crippen LogP contribution in [0, 0.1) is 71.0 Å².